The van der Waals surface area contributed by atoms with E-state index >= 15 is 0 Å². The van der Waals surface area contributed by atoms with E-state index in [4.69, 9.17) is 0 Å². The Labute approximate surface area is 190 Å². The highest BCUT2D eigenvalue weighted by Gasteiger charge is 2.28. The summed E-state index contributed by atoms with van der Waals surface area (Å²) < 4.78 is 28.1. The molecule has 6 nitrogen and oxygen atoms in total. The molecule has 0 fully saturated rings. The molecule has 0 aliphatic carbocycles. The van der Waals surface area contributed by atoms with Crippen molar-refractivity contribution in [2.45, 2.75) is 18.7 Å². The van der Waals surface area contributed by atoms with Gasteiger partial charge < -0.3 is 10.2 Å². The molecule has 0 unspecified atom stereocenters. The number of likely N-dealkylation sites (N-methyl/N-ethyl adjacent to an activating group) is 1. The highest BCUT2D eigenvalue weighted by molar-refractivity contribution is 7.92. The molecule has 3 aromatic rings. The SMILES string of the molecule is Cc1cccc(N(CC(=O)NCCN(C)c2ccccc2)S(=O)(=O)c2ccccc2)c1C. The van der Waals surface area contributed by atoms with Crippen molar-refractivity contribution in [1.29, 1.82) is 0 Å². The fourth-order valence-corrected chi connectivity index (χ4v) is 4.89. The summed E-state index contributed by atoms with van der Waals surface area (Å²) in [5.74, 6) is -0.355. The minimum atomic E-state index is -3.91. The number of carbonyl (C=O) groups is 1. The molecule has 0 saturated heterocycles. The summed E-state index contributed by atoms with van der Waals surface area (Å²) in [6, 6.07) is 23.5. The van der Waals surface area contributed by atoms with Crippen molar-refractivity contribution in [1.82, 2.24) is 5.32 Å². The predicted octanol–water partition coefficient (Wildman–Crippen LogP) is 3.75. The smallest absolute Gasteiger partial charge is 0.264 e. The Morgan fingerprint density at radius 2 is 1.50 bits per heavy atom. The molecule has 0 atom stereocenters. The van der Waals surface area contributed by atoms with E-state index in [0.29, 0.717) is 18.8 Å². The number of aryl methyl sites for hydroxylation is 1. The number of nitrogens with zero attached hydrogens (tertiary/aromatic N) is 2. The van der Waals surface area contributed by atoms with E-state index in [-0.39, 0.29) is 17.3 Å². The lowest BCUT2D eigenvalue weighted by Gasteiger charge is -2.26. The van der Waals surface area contributed by atoms with Gasteiger partial charge in [-0.3, -0.25) is 9.10 Å². The van der Waals surface area contributed by atoms with Gasteiger partial charge in [0.2, 0.25) is 5.91 Å². The minimum Gasteiger partial charge on any atom is -0.373 e. The summed E-state index contributed by atoms with van der Waals surface area (Å²) in [4.78, 5) is 15.0. The normalized spacial score (nSPS) is 11.1. The van der Waals surface area contributed by atoms with Crippen LogP contribution in [0.25, 0.3) is 0 Å². The average Bonchev–Trinajstić information content (AvgIpc) is 2.80. The van der Waals surface area contributed by atoms with Crippen molar-refractivity contribution in [2.75, 3.05) is 35.9 Å². The van der Waals surface area contributed by atoms with Gasteiger partial charge in [-0.2, -0.15) is 0 Å². The van der Waals surface area contributed by atoms with E-state index in [1.165, 1.54) is 4.31 Å². The van der Waals surface area contributed by atoms with Crippen molar-refractivity contribution in [2.24, 2.45) is 0 Å². The summed E-state index contributed by atoms with van der Waals surface area (Å²) in [5.41, 5.74) is 3.33. The number of carbonyl (C=O) groups excluding carboxylic acids is 1. The number of amides is 1. The lowest BCUT2D eigenvalue weighted by molar-refractivity contribution is -0.119. The van der Waals surface area contributed by atoms with E-state index in [9.17, 15) is 13.2 Å². The van der Waals surface area contributed by atoms with Crippen molar-refractivity contribution >= 4 is 27.3 Å². The Morgan fingerprint density at radius 1 is 0.875 bits per heavy atom. The molecular formula is C25H29N3O3S. The maximum absolute atomic E-state index is 13.4. The first-order valence-electron chi connectivity index (χ1n) is 10.5. The quantitative estimate of drug-likeness (QED) is 0.538. The van der Waals surface area contributed by atoms with E-state index in [0.717, 1.165) is 16.8 Å². The van der Waals surface area contributed by atoms with Gasteiger partial charge in [0.05, 0.1) is 10.6 Å². The standard InChI is InChI=1S/C25H29N3O3S/c1-20-11-10-16-24(21(20)2)28(32(30,31)23-14-8-5-9-15-23)19-25(29)26-17-18-27(3)22-12-6-4-7-13-22/h4-16H,17-19H2,1-3H3,(H,26,29). The Balaban J connectivity index is 1.77. The summed E-state index contributed by atoms with van der Waals surface area (Å²) >= 11 is 0. The maximum Gasteiger partial charge on any atom is 0.264 e. The van der Waals surface area contributed by atoms with Crippen LogP contribution in [-0.2, 0) is 14.8 Å². The number of hydrogen-bond donors (Lipinski definition) is 1. The molecule has 0 radical (unpaired) electrons. The van der Waals surface area contributed by atoms with Crippen molar-refractivity contribution in [3.63, 3.8) is 0 Å². The third-order valence-corrected chi connectivity index (χ3v) is 7.20. The molecule has 0 bridgehead atoms. The lowest BCUT2D eigenvalue weighted by Crippen LogP contribution is -2.43. The Morgan fingerprint density at radius 3 is 2.16 bits per heavy atom. The molecule has 3 aromatic carbocycles. The van der Waals surface area contributed by atoms with Gasteiger partial charge in [-0.25, -0.2) is 8.42 Å². The molecule has 0 heterocycles. The molecule has 1 amide bonds. The number of benzene rings is 3. The summed E-state index contributed by atoms with van der Waals surface area (Å²) in [6.45, 7) is 4.49. The second-order valence-corrected chi connectivity index (χ2v) is 9.51. The summed E-state index contributed by atoms with van der Waals surface area (Å²) in [5, 5.41) is 2.85. The molecule has 0 aliphatic rings. The van der Waals surface area contributed by atoms with Crippen LogP contribution in [0.4, 0.5) is 11.4 Å². The molecular weight excluding hydrogens is 422 g/mol. The van der Waals surface area contributed by atoms with Crippen LogP contribution in [0.1, 0.15) is 11.1 Å². The van der Waals surface area contributed by atoms with Crippen LogP contribution >= 0.6 is 0 Å². The first kappa shape index (κ1) is 23.3. The number of para-hydroxylation sites is 1. The van der Waals surface area contributed by atoms with Crippen LogP contribution in [0.3, 0.4) is 0 Å². The fraction of sp³-hybridized carbons (Fsp3) is 0.240. The molecule has 168 valence electrons. The van der Waals surface area contributed by atoms with Crippen LogP contribution in [0.5, 0.6) is 0 Å². The molecule has 0 aromatic heterocycles. The van der Waals surface area contributed by atoms with Crippen molar-refractivity contribution in [3.05, 3.63) is 90.0 Å². The fourth-order valence-electron chi connectivity index (χ4n) is 3.39. The molecule has 3 rings (SSSR count). The number of rotatable bonds is 9. The minimum absolute atomic E-state index is 0.150. The molecule has 0 aliphatic heterocycles. The topological polar surface area (TPSA) is 69.7 Å². The Bertz CT molecular complexity index is 1150. The molecule has 7 heteroatoms. The van der Waals surface area contributed by atoms with Crippen LogP contribution in [0, 0.1) is 13.8 Å². The van der Waals surface area contributed by atoms with Crippen LogP contribution < -0.4 is 14.5 Å². The van der Waals surface area contributed by atoms with Gasteiger partial charge in [-0.1, -0.05) is 48.5 Å². The van der Waals surface area contributed by atoms with E-state index in [1.807, 2.05) is 62.2 Å². The highest BCUT2D eigenvalue weighted by Crippen LogP contribution is 2.28. The van der Waals surface area contributed by atoms with Crippen LogP contribution in [0.15, 0.2) is 83.8 Å². The highest BCUT2D eigenvalue weighted by atomic mass is 32.2. The van der Waals surface area contributed by atoms with Crippen molar-refractivity contribution < 1.29 is 13.2 Å². The van der Waals surface area contributed by atoms with E-state index in [1.54, 1.807) is 42.5 Å². The van der Waals surface area contributed by atoms with Gasteiger partial charge in [0.1, 0.15) is 6.54 Å². The zero-order valence-corrected chi connectivity index (χ0v) is 19.5. The predicted molar refractivity (Wildman–Crippen MR) is 130 cm³/mol. The third-order valence-electron chi connectivity index (χ3n) is 5.43. The Kier molecular flexibility index (Phi) is 7.53. The maximum atomic E-state index is 13.4. The second kappa shape index (κ2) is 10.3. The number of nitrogens with one attached hydrogen (secondary N) is 1. The number of hydrogen-bond acceptors (Lipinski definition) is 4. The molecule has 32 heavy (non-hydrogen) atoms. The van der Waals surface area contributed by atoms with E-state index in [2.05, 4.69) is 5.32 Å². The molecule has 0 saturated carbocycles. The van der Waals surface area contributed by atoms with Gasteiger partial charge in [0.25, 0.3) is 10.0 Å². The van der Waals surface area contributed by atoms with Gasteiger partial charge in [-0.05, 0) is 55.3 Å². The largest absolute Gasteiger partial charge is 0.373 e. The average molecular weight is 452 g/mol. The van der Waals surface area contributed by atoms with Crippen LogP contribution in [0.2, 0.25) is 0 Å². The van der Waals surface area contributed by atoms with Gasteiger partial charge >= 0.3 is 0 Å². The summed E-state index contributed by atoms with van der Waals surface area (Å²) in [7, 11) is -1.96. The molecule has 0 spiro atoms. The second-order valence-electron chi connectivity index (χ2n) is 7.65. The first-order chi connectivity index (χ1) is 15.3. The van der Waals surface area contributed by atoms with E-state index < -0.39 is 10.0 Å². The molecule has 1 N–H and O–H groups in total. The van der Waals surface area contributed by atoms with Crippen LogP contribution in [-0.4, -0.2) is 41.0 Å². The third kappa shape index (κ3) is 5.48. The van der Waals surface area contributed by atoms with Gasteiger partial charge in [0, 0.05) is 25.8 Å². The lowest BCUT2D eigenvalue weighted by atomic mass is 10.1. The monoisotopic (exact) mass is 451 g/mol. The zero-order valence-electron chi connectivity index (χ0n) is 18.7. The number of anilines is 2. The zero-order chi connectivity index (χ0) is 23.1. The summed E-state index contributed by atoms with van der Waals surface area (Å²) in [6.07, 6.45) is 0. The first-order valence-corrected chi connectivity index (χ1v) is 11.9. The Hall–Kier alpha value is -3.32. The van der Waals surface area contributed by atoms with Gasteiger partial charge in [0.15, 0.2) is 0 Å². The number of sulfonamides is 1. The van der Waals surface area contributed by atoms with Gasteiger partial charge in [-0.15, -0.1) is 0 Å². The van der Waals surface area contributed by atoms with Crippen molar-refractivity contribution in [3.8, 4) is 0 Å².